The maximum atomic E-state index is 13.5. The average Bonchev–Trinajstić information content (AvgIpc) is 2.70. The molecule has 0 atom stereocenters. The summed E-state index contributed by atoms with van der Waals surface area (Å²) in [5.41, 5.74) is 1.63. The van der Waals surface area contributed by atoms with Gasteiger partial charge in [-0.05, 0) is 41.8 Å². The molecule has 1 amide bonds. The van der Waals surface area contributed by atoms with Gasteiger partial charge in [0.1, 0.15) is 0 Å². The summed E-state index contributed by atoms with van der Waals surface area (Å²) in [6, 6.07) is 14.5. The van der Waals surface area contributed by atoms with Crippen molar-refractivity contribution in [3.05, 3.63) is 101 Å². The van der Waals surface area contributed by atoms with E-state index in [0.29, 0.717) is 13.0 Å². The molecule has 6 heteroatoms. The smallest absolute Gasteiger partial charge is 0.254 e. The van der Waals surface area contributed by atoms with Crippen LogP contribution in [0.15, 0.2) is 67.0 Å². The Morgan fingerprint density at radius 3 is 2.15 bits per heavy atom. The van der Waals surface area contributed by atoms with Crippen molar-refractivity contribution in [3.63, 3.8) is 0 Å². The minimum absolute atomic E-state index is 0.228. The van der Waals surface area contributed by atoms with E-state index < -0.39 is 23.4 Å². The molecule has 1 heterocycles. The normalized spacial score (nSPS) is 10.6. The van der Waals surface area contributed by atoms with Crippen LogP contribution in [-0.2, 0) is 13.0 Å². The largest absolute Gasteiger partial charge is 0.334 e. The average molecular weight is 370 g/mol. The minimum atomic E-state index is -1.59. The number of hydrogen-bond donors (Lipinski definition) is 0. The maximum absolute atomic E-state index is 13.5. The number of aromatic nitrogens is 1. The molecule has 0 radical (unpaired) electrons. The second kappa shape index (κ2) is 8.49. The number of nitrogens with zero attached hydrogens (tertiary/aromatic N) is 2. The summed E-state index contributed by atoms with van der Waals surface area (Å²) in [6.45, 7) is 0.584. The van der Waals surface area contributed by atoms with Gasteiger partial charge in [-0.15, -0.1) is 0 Å². The predicted molar refractivity (Wildman–Crippen MR) is 95.4 cm³/mol. The van der Waals surface area contributed by atoms with E-state index in [9.17, 15) is 18.0 Å². The van der Waals surface area contributed by atoms with Gasteiger partial charge in [-0.3, -0.25) is 9.78 Å². The van der Waals surface area contributed by atoms with Gasteiger partial charge in [0.15, 0.2) is 17.5 Å². The number of halogens is 3. The molecule has 0 aliphatic heterocycles. The quantitative estimate of drug-likeness (QED) is 0.603. The Hall–Kier alpha value is -3.15. The number of rotatable bonds is 6. The second-order valence-corrected chi connectivity index (χ2v) is 6.07. The van der Waals surface area contributed by atoms with Gasteiger partial charge in [0, 0.05) is 31.0 Å². The summed E-state index contributed by atoms with van der Waals surface area (Å²) in [4.78, 5) is 18.3. The summed E-state index contributed by atoms with van der Waals surface area (Å²) in [6.07, 6.45) is 3.78. The zero-order chi connectivity index (χ0) is 19.2. The van der Waals surface area contributed by atoms with Crippen LogP contribution in [0.25, 0.3) is 0 Å². The molecule has 2 aromatic carbocycles. The molecule has 0 N–H and O–H groups in total. The first-order valence-corrected chi connectivity index (χ1v) is 8.41. The Balaban J connectivity index is 1.84. The lowest BCUT2D eigenvalue weighted by Crippen LogP contribution is -2.32. The summed E-state index contributed by atoms with van der Waals surface area (Å²) in [5, 5.41) is 0. The number of carbonyl (C=O) groups is 1. The van der Waals surface area contributed by atoms with Crippen LogP contribution in [0, 0.1) is 17.5 Å². The molecule has 3 aromatic rings. The van der Waals surface area contributed by atoms with E-state index in [4.69, 9.17) is 0 Å². The SMILES string of the molecule is O=C(c1cc(F)c(F)c(F)c1)N(CCc1ccccc1)Cc1ccncc1. The molecule has 0 fully saturated rings. The van der Waals surface area contributed by atoms with Crippen LogP contribution in [0.3, 0.4) is 0 Å². The van der Waals surface area contributed by atoms with Crippen molar-refractivity contribution in [1.29, 1.82) is 0 Å². The van der Waals surface area contributed by atoms with E-state index in [2.05, 4.69) is 4.98 Å². The summed E-state index contributed by atoms with van der Waals surface area (Å²) >= 11 is 0. The molecule has 0 saturated carbocycles. The zero-order valence-electron chi connectivity index (χ0n) is 14.4. The fourth-order valence-electron chi connectivity index (χ4n) is 2.73. The Bertz CT molecular complexity index is 894. The minimum Gasteiger partial charge on any atom is -0.334 e. The van der Waals surface area contributed by atoms with Gasteiger partial charge in [-0.2, -0.15) is 0 Å². The number of amides is 1. The van der Waals surface area contributed by atoms with Crippen molar-refractivity contribution < 1.29 is 18.0 Å². The van der Waals surface area contributed by atoms with Crippen molar-refractivity contribution in [2.24, 2.45) is 0 Å². The Morgan fingerprint density at radius 2 is 1.52 bits per heavy atom. The van der Waals surface area contributed by atoms with Crippen molar-refractivity contribution in [2.75, 3.05) is 6.54 Å². The molecule has 0 bridgehead atoms. The van der Waals surface area contributed by atoms with Crippen molar-refractivity contribution in [1.82, 2.24) is 9.88 Å². The maximum Gasteiger partial charge on any atom is 0.254 e. The van der Waals surface area contributed by atoms with E-state index in [0.717, 1.165) is 23.3 Å². The lowest BCUT2D eigenvalue weighted by molar-refractivity contribution is 0.0743. The van der Waals surface area contributed by atoms with Crippen molar-refractivity contribution in [3.8, 4) is 0 Å². The van der Waals surface area contributed by atoms with Gasteiger partial charge in [-0.1, -0.05) is 30.3 Å². The molecule has 1 aromatic heterocycles. The highest BCUT2D eigenvalue weighted by Crippen LogP contribution is 2.17. The first kappa shape index (κ1) is 18.6. The number of pyridine rings is 1. The monoisotopic (exact) mass is 370 g/mol. The van der Waals surface area contributed by atoms with Gasteiger partial charge in [-0.25, -0.2) is 13.2 Å². The van der Waals surface area contributed by atoms with Crippen LogP contribution < -0.4 is 0 Å². The summed E-state index contributed by atoms with van der Waals surface area (Å²) in [5.74, 6) is -4.92. The molecule has 27 heavy (non-hydrogen) atoms. The van der Waals surface area contributed by atoms with Crippen LogP contribution in [0.2, 0.25) is 0 Å². The molecule has 0 aliphatic rings. The molecular formula is C21H17F3N2O. The molecule has 3 nitrogen and oxygen atoms in total. The van der Waals surface area contributed by atoms with Gasteiger partial charge in [0.25, 0.3) is 5.91 Å². The van der Waals surface area contributed by atoms with Gasteiger partial charge in [0.05, 0.1) is 0 Å². The summed E-state index contributed by atoms with van der Waals surface area (Å²) in [7, 11) is 0. The predicted octanol–water partition coefficient (Wildman–Crippen LogP) is 4.38. The fraction of sp³-hybridized carbons (Fsp3) is 0.143. The Kier molecular flexibility index (Phi) is 5.86. The summed E-state index contributed by atoms with van der Waals surface area (Å²) < 4.78 is 40.3. The van der Waals surface area contributed by atoms with Gasteiger partial charge < -0.3 is 4.90 Å². The lowest BCUT2D eigenvalue weighted by Gasteiger charge is -2.23. The molecule has 0 unspecified atom stereocenters. The number of carbonyl (C=O) groups excluding carboxylic acids is 1. The number of benzene rings is 2. The highest BCUT2D eigenvalue weighted by Gasteiger charge is 2.20. The Labute approximate surface area is 155 Å². The van der Waals surface area contributed by atoms with E-state index in [1.54, 1.807) is 24.5 Å². The fourth-order valence-corrected chi connectivity index (χ4v) is 2.73. The lowest BCUT2D eigenvalue weighted by atomic mass is 10.1. The Morgan fingerprint density at radius 1 is 0.889 bits per heavy atom. The molecule has 0 aliphatic carbocycles. The highest BCUT2D eigenvalue weighted by atomic mass is 19.2. The third kappa shape index (κ3) is 4.73. The number of hydrogen-bond acceptors (Lipinski definition) is 2. The zero-order valence-corrected chi connectivity index (χ0v) is 14.4. The highest BCUT2D eigenvalue weighted by molar-refractivity contribution is 5.94. The van der Waals surface area contributed by atoms with E-state index in [1.807, 2.05) is 30.3 Å². The molecular weight excluding hydrogens is 353 g/mol. The standard InChI is InChI=1S/C21H17F3N2O/c22-18-12-17(13-19(23)20(18)24)21(27)26(14-16-6-9-25-10-7-16)11-8-15-4-2-1-3-5-15/h1-7,9-10,12-13H,8,11,14H2. The van der Waals surface area contributed by atoms with Gasteiger partial charge in [0.2, 0.25) is 0 Å². The van der Waals surface area contributed by atoms with Crippen LogP contribution in [0.1, 0.15) is 21.5 Å². The third-order valence-corrected chi connectivity index (χ3v) is 4.15. The first-order valence-electron chi connectivity index (χ1n) is 8.41. The van der Waals surface area contributed by atoms with Gasteiger partial charge >= 0.3 is 0 Å². The first-order chi connectivity index (χ1) is 13.0. The van der Waals surface area contributed by atoms with Crippen LogP contribution in [0.4, 0.5) is 13.2 Å². The van der Waals surface area contributed by atoms with Crippen molar-refractivity contribution in [2.45, 2.75) is 13.0 Å². The van der Waals surface area contributed by atoms with E-state index >= 15 is 0 Å². The van der Waals surface area contributed by atoms with Crippen molar-refractivity contribution >= 4 is 5.91 Å². The topological polar surface area (TPSA) is 33.2 Å². The molecule has 0 spiro atoms. The molecule has 0 saturated heterocycles. The van der Waals surface area contributed by atoms with Crippen LogP contribution in [-0.4, -0.2) is 22.3 Å². The second-order valence-electron chi connectivity index (χ2n) is 6.07. The van der Waals surface area contributed by atoms with Crippen LogP contribution in [0.5, 0.6) is 0 Å². The van der Waals surface area contributed by atoms with E-state index in [-0.39, 0.29) is 12.1 Å². The third-order valence-electron chi connectivity index (χ3n) is 4.15. The molecule has 138 valence electrons. The van der Waals surface area contributed by atoms with E-state index in [1.165, 1.54) is 4.90 Å². The molecule has 3 rings (SSSR count). The van der Waals surface area contributed by atoms with Crippen LogP contribution >= 0.6 is 0 Å².